The second kappa shape index (κ2) is 38.4. The summed E-state index contributed by atoms with van der Waals surface area (Å²) in [6.45, 7) is 1.63. The molecule has 0 spiro atoms. The van der Waals surface area contributed by atoms with Crippen LogP contribution in [0.3, 0.4) is 0 Å². The van der Waals surface area contributed by atoms with E-state index in [4.69, 9.17) is 25.1 Å². The normalized spacial score (nSPS) is 14.3. The van der Waals surface area contributed by atoms with Crippen LogP contribution in [0.25, 0.3) is 0 Å². The minimum Gasteiger partial charge on any atom is -0.475 e. The Bertz CT molecular complexity index is 3030. The number of alkyl halides is 3. The molecule has 3 rings (SSSR count). The number of carbonyl (C=O) groups is 9. The highest BCUT2D eigenvalue weighted by atomic mass is 32.2. The van der Waals surface area contributed by atoms with Crippen LogP contribution < -0.4 is 43.0 Å². The van der Waals surface area contributed by atoms with E-state index >= 15 is 0 Å². The van der Waals surface area contributed by atoms with Gasteiger partial charge in [-0.3, -0.25) is 28.8 Å². The maximum Gasteiger partial charge on any atom is 0.490 e. The number of azo groups is 1. The van der Waals surface area contributed by atoms with Crippen molar-refractivity contribution in [1.29, 1.82) is 0 Å². The number of carboxylic acids is 1. The van der Waals surface area contributed by atoms with Crippen LogP contribution in [0.15, 0.2) is 95.2 Å². The first-order valence-electron chi connectivity index (χ1n) is 26.6. The number of aliphatic hydroxyl groups is 3. The van der Waals surface area contributed by atoms with Crippen molar-refractivity contribution >= 4 is 96.3 Å². The lowest BCUT2D eigenvalue weighted by Gasteiger charge is -2.28. The van der Waals surface area contributed by atoms with E-state index < -0.39 is 153 Å². The third-order valence-corrected chi connectivity index (χ3v) is 15.0. The molecule has 29 nitrogen and oxygen atoms in total. The van der Waals surface area contributed by atoms with Crippen LogP contribution in [-0.2, 0) is 79.7 Å². The minimum atomic E-state index is -5.08. The zero-order chi connectivity index (χ0) is 66.2. The van der Waals surface area contributed by atoms with Crippen molar-refractivity contribution < 1.29 is 103 Å². The summed E-state index contributed by atoms with van der Waals surface area (Å²) in [5.41, 5.74) is 8.09. The first-order chi connectivity index (χ1) is 41.2. The molecule has 0 bridgehead atoms. The highest BCUT2D eigenvalue weighted by Crippen LogP contribution is 2.20. The van der Waals surface area contributed by atoms with Gasteiger partial charge in [0.15, 0.2) is 19.7 Å². The number of thioether (sulfide) groups is 1. The molecule has 0 aliphatic carbocycles. The van der Waals surface area contributed by atoms with E-state index in [1.807, 2.05) is 6.07 Å². The largest absolute Gasteiger partial charge is 0.490 e. The molecule has 3 aromatic carbocycles. The van der Waals surface area contributed by atoms with Gasteiger partial charge in [-0.2, -0.15) is 23.4 Å². The number of benzene rings is 3. The molecule has 8 atom stereocenters. The number of rotatable bonds is 35. The SMILES string of the molecule is CC(=O)NCSC[C@H](NC(=O)[C@H](CO)NC(=O)[C@@H](NC(=O)[C@H](Cc1ccccc1)NC(=O)[C@@H](NC(=O)[C@@H](N)CCCCNC(=O)OCCS(C)(=O)=O)[C@@H](C)O)[C@@H](C)O)C(=O)OCCS(=O)(=O)Cc1ccc(N=Nc2ccccc2)cc1.O=C(O)C(F)(F)F. The Hall–Kier alpha value is -7.83. The van der Waals surface area contributed by atoms with E-state index in [1.54, 1.807) is 78.9 Å². The molecule has 0 aliphatic heterocycles. The van der Waals surface area contributed by atoms with Crippen molar-refractivity contribution in [3.8, 4) is 0 Å². The van der Waals surface area contributed by atoms with Gasteiger partial charge in [-0.05, 0) is 68.5 Å². The Morgan fingerprint density at radius 2 is 1.15 bits per heavy atom. The van der Waals surface area contributed by atoms with Crippen LogP contribution in [-0.4, -0.2) is 201 Å². The zero-order valence-corrected chi connectivity index (χ0v) is 50.6. The molecule has 0 aromatic heterocycles. The van der Waals surface area contributed by atoms with Crippen molar-refractivity contribution in [2.24, 2.45) is 16.0 Å². The lowest BCUT2D eigenvalue weighted by atomic mass is 10.0. The number of halogens is 3. The van der Waals surface area contributed by atoms with Gasteiger partial charge in [-0.25, -0.2) is 31.2 Å². The fourth-order valence-corrected chi connectivity index (χ4v) is 9.43. The summed E-state index contributed by atoms with van der Waals surface area (Å²) in [5.74, 6) is -11.2. The molecule has 0 unspecified atom stereocenters. The molecule has 88 heavy (non-hydrogen) atoms. The first kappa shape index (κ1) is 76.3. The predicted octanol–water partition coefficient (Wildman–Crippen LogP) is -0.291. The van der Waals surface area contributed by atoms with Gasteiger partial charge in [0.25, 0.3) is 0 Å². The van der Waals surface area contributed by atoms with E-state index in [0.29, 0.717) is 35.3 Å². The Kier molecular flexibility index (Phi) is 33.3. The highest BCUT2D eigenvalue weighted by Gasteiger charge is 2.39. The van der Waals surface area contributed by atoms with Crippen molar-refractivity contribution in [2.75, 3.05) is 55.8 Å². The quantitative estimate of drug-likeness (QED) is 0.0156. The van der Waals surface area contributed by atoms with Crippen LogP contribution in [0, 0.1) is 0 Å². The standard InChI is InChI=1S/C51H72N10O17S3.C2HF3O2/c1-32(63)43(58-45(66)39(52)17-11-12-22-53-51(72)78-23-25-80(4,73)74)48(69)55-40(27-35-13-7-5-8-14-35)46(67)59-44(33(2)64)49(70)56-41(28-62)47(68)57-42(29-79-31-54-34(3)65)50(71)77-24-26-81(75,76)30-36-18-20-38(21-19-36)61-60-37-15-9-6-10-16-37;3-2(4,5)1(6)7/h5-10,13-16,18-21,32-33,39-44,62-64H,11-12,17,22-31,52H2,1-4H3,(H,53,72)(H,54,65)(H,55,69)(H,56,70)(H,57,68)(H,58,66)(H,59,67);(H,6,7)/t32-,33-,39+,40+,41+,42+,43+,44+;/m1./s1. The Labute approximate surface area is 509 Å². The van der Waals surface area contributed by atoms with E-state index in [1.165, 1.54) is 13.8 Å². The number of unbranched alkanes of at least 4 members (excludes halogenated alkanes) is 1. The van der Waals surface area contributed by atoms with Crippen LogP contribution >= 0.6 is 11.8 Å². The number of alkyl carbamates (subject to hydrolysis) is 1. The molecule has 3 aromatic rings. The molecular weight excluding hydrogens is 1230 g/mol. The smallest absolute Gasteiger partial charge is 0.475 e. The van der Waals surface area contributed by atoms with Gasteiger partial charge in [-0.15, -0.1) is 11.8 Å². The van der Waals surface area contributed by atoms with E-state index in [9.17, 15) is 83.7 Å². The molecule has 35 heteroatoms. The second-order valence-electron chi connectivity index (χ2n) is 19.3. The van der Waals surface area contributed by atoms with Crippen molar-refractivity contribution in [2.45, 2.75) is 107 Å². The lowest BCUT2D eigenvalue weighted by molar-refractivity contribution is -0.192. The molecule has 0 fully saturated rings. The number of carbonyl (C=O) groups excluding carboxylic acids is 8. The van der Waals surface area contributed by atoms with Gasteiger partial charge >= 0.3 is 24.2 Å². The molecule has 0 saturated heterocycles. The number of esters is 1. The number of aliphatic hydroxyl groups excluding tert-OH is 3. The van der Waals surface area contributed by atoms with Crippen molar-refractivity contribution in [1.82, 2.24) is 37.2 Å². The van der Waals surface area contributed by atoms with Crippen LogP contribution in [0.4, 0.5) is 29.3 Å². The number of sulfone groups is 2. The third-order valence-electron chi connectivity index (χ3n) is 11.6. The van der Waals surface area contributed by atoms with Crippen LogP contribution in [0.2, 0.25) is 0 Å². The average Bonchev–Trinajstić information content (AvgIpc) is 3.65. The average molecular weight is 1310 g/mol. The van der Waals surface area contributed by atoms with Gasteiger partial charge in [0.1, 0.15) is 43.4 Å². The number of hydrogen-bond acceptors (Lipinski definition) is 22. The second-order valence-corrected chi connectivity index (χ2v) is 24.8. The molecule has 0 radical (unpaired) electrons. The van der Waals surface area contributed by atoms with Gasteiger partial charge < -0.3 is 72.9 Å². The summed E-state index contributed by atoms with van der Waals surface area (Å²) in [6, 6.07) is 13.8. The highest BCUT2D eigenvalue weighted by molar-refractivity contribution is 7.99. The topological polar surface area (TPSA) is 456 Å². The number of amides is 7. The fraction of sp³-hybridized carbons (Fsp3) is 0.491. The van der Waals surface area contributed by atoms with Crippen LogP contribution in [0.1, 0.15) is 51.2 Å². The summed E-state index contributed by atoms with van der Waals surface area (Å²) >= 11 is 0.968. The Morgan fingerprint density at radius 1 is 0.648 bits per heavy atom. The van der Waals surface area contributed by atoms with Gasteiger partial charge in [0.2, 0.25) is 35.4 Å². The zero-order valence-electron chi connectivity index (χ0n) is 48.1. The van der Waals surface area contributed by atoms with E-state index in [-0.39, 0.29) is 43.4 Å². The Morgan fingerprint density at radius 3 is 1.67 bits per heavy atom. The van der Waals surface area contributed by atoms with Crippen molar-refractivity contribution in [3.63, 3.8) is 0 Å². The van der Waals surface area contributed by atoms with Gasteiger partial charge in [-0.1, -0.05) is 60.7 Å². The first-order valence-corrected chi connectivity index (χ1v) is 31.7. The summed E-state index contributed by atoms with van der Waals surface area (Å²) in [6.07, 6.45) is -7.68. The summed E-state index contributed by atoms with van der Waals surface area (Å²) in [7, 11) is -7.19. The summed E-state index contributed by atoms with van der Waals surface area (Å²) in [5, 5.41) is 63.7. The molecule has 488 valence electrons. The van der Waals surface area contributed by atoms with Crippen molar-refractivity contribution in [3.05, 3.63) is 96.1 Å². The monoisotopic (exact) mass is 1310 g/mol. The molecule has 7 amide bonds. The number of aliphatic carboxylic acids is 1. The number of hydrogen-bond donors (Lipinski definition) is 12. The number of nitrogens with zero attached hydrogens (tertiary/aromatic N) is 2. The van der Waals surface area contributed by atoms with E-state index in [2.05, 4.69) is 47.4 Å². The maximum absolute atomic E-state index is 14.0. The van der Waals surface area contributed by atoms with Gasteiger partial charge in [0.05, 0.1) is 59.4 Å². The predicted molar refractivity (Wildman–Crippen MR) is 311 cm³/mol. The third kappa shape index (κ3) is 31.7. The molecule has 0 saturated carbocycles. The molecule has 0 aliphatic rings. The molecular formula is C53H73F3N10O19S3. The van der Waals surface area contributed by atoms with E-state index in [0.717, 1.165) is 24.9 Å². The number of nitrogens with two attached hydrogens (primary N) is 1. The Balaban J connectivity index is 0.00000354. The number of nitrogens with one attached hydrogen (secondary N) is 7. The number of ether oxygens (including phenoxy) is 2. The maximum atomic E-state index is 14.0. The molecule has 13 N–H and O–H groups in total. The lowest BCUT2D eigenvalue weighted by Crippen LogP contribution is -2.63. The molecule has 0 heterocycles. The number of carboxylic acid groups (broad SMARTS) is 1. The minimum absolute atomic E-state index is 0.0253. The summed E-state index contributed by atoms with van der Waals surface area (Å²) < 4.78 is 90.3. The fourth-order valence-electron chi connectivity index (χ4n) is 6.98. The van der Waals surface area contributed by atoms with Gasteiger partial charge in [0, 0.05) is 31.9 Å². The van der Waals surface area contributed by atoms with Crippen LogP contribution in [0.5, 0.6) is 0 Å². The summed E-state index contributed by atoms with van der Waals surface area (Å²) in [4.78, 5) is 114.